The fourth-order valence-electron chi connectivity index (χ4n) is 2.16. The maximum absolute atomic E-state index is 3.49. The van der Waals surface area contributed by atoms with Gasteiger partial charge in [-0.1, -0.05) is 54.7 Å². The fraction of sp³-hybridized carbons (Fsp3) is 0.294. The molecule has 0 saturated carbocycles. The topological polar surface area (TPSA) is 12.0 Å². The lowest BCUT2D eigenvalue weighted by Crippen LogP contribution is -2.37. The summed E-state index contributed by atoms with van der Waals surface area (Å²) < 4.78 is 0. The van der Waals surface area contributed by atoms with Gasteiger partial charge in [0.05, 0.1) is 8.07 Å². The monoisotopic (exact) mass is 269 g/mol. The van der Waals surface area contributed by atoms with Gasteiger partial charge in [-0.05, 0) is 37.6 Å². The van der Waals surface area contributed by atoms with Crippen LogP contribution in [0.5, 0.6) is 0 Å². The van der Waals surface area contributed by atoms with E-state index in [1.807, 2.05) is 0 Å². The second-order valence-electron chi connectivity index (χ2n) is 6.27. The van der Waals surface area contributed by atoms with Crippen molar-refractivity contribution in [1.82, 2.24) is 0 Å². The number of anilines is 2. The van der Waals surface area contributed by atoms with E-state index < -0.39 is 8.07 Å². The van der Waals surface area contributed by atoms with Crippen molar-refractivity contribution in [2.24, 2.45) is 0 Å². The van der Waals surface area contributed by atoms with Gasteiger partial charge in [0.2, 0.25) is 0 Å². The maximum Gasteiger partial charge on any atom is 0.0775 e. The van der Waals surface area contributed by atoms with Gasteiger partial charge in [-0.3, -0.25) is 0 Å². The molecule has 0 saturated heterocycles. The molecule has 0 aliphatic heterocycles. The summed E-state index contributed by atoms with van der Waals surface area (Å²) in [5.41, 5.74) is 4.94. The average Bonchev–Trinajstić information content (AvgIpc) is 2.32. The number of hydrogen-bond acceptors (Lipinski definition) is 1. The highest BCUT2D eigenvalue weighted by Crippen LogP contribution is 2.21. The van der Waals surface area contributed by atoms with Crippen LogP contribution in [0.15, 0.2) is 42.5 Å². The molecule has 0 heterocycles. The molecule has 2 rings (SSSR count). The van der Waals surface area contributed by atoms with Gasteiger partial charge in [-0.2, -0.15) is 0 Å². The second-order valence-corrected chi connectivity index (χ2v) is 11.3. The molecule has 0 amide bonds. The summed E-state index contributed by atoms with van der Waals surface area (Å²) in [4.78, 5) is 0. The first-order valence-electron chi connectivity index (χ1n) is 6.81. The van der Waals surface area contributed by atoms with Gasteiger partial charge in [0, 0.05) is 11.4 Å². The van der Waals surface area contributed by atoms with Crippen LogP contribution in [0.2, 0.25) is 19.6 Å². The van der Waals surface area contributed by atoms with Crippen molar-refractivity contribution in [3.8, 4) is 0 Å². The van der Waals surface area contributed by atoms with E-state index in [1.165, 1.54) is 22.0 Å². The Bertz CT molecular complexity index is 565. The molecule has 1 nitrogen and oxygen atoms in total. The van der Waals surface area contributed by atoms with Gasteiger partial charge in [0.1, 0.15) is 0 Å². The summed E-state index contributed by atoms with van der Waals surface area (Å²) in [6.45, 7) is 11.4. The van der Waals surface area contributed by atoms with E-state index >= 15 is 0 Å². The highest BCUT2D eigenvalue weighted by Gasteiger charge is 2.15. The molecule has 0 aromatic heterocycles. The molecule has 0 fully saturated rings. The smallest absolute Gasteiger partial charge is 0.0775 e. The molecule has 2 heteroatoms. The van der Waals surface area contributed by atoms with Crippen LogP contribution in [-0.4, -0.2) is 8.07 Å². The van der Waals surface area contributed by atoms with E-state index in [-0.39, 0.29) is 0 Å². The lowest BCUT2D eigenvalue weighted by atomic mass is 10.1. The number of aryl methyl sites for hydroxylation is 2. The molecular weight excluding hydrogens is 246 g/mol. The molecule has 0 spiro atoms. The zero-order valence-corrected chi connectivity index (χ0v) is 13.5. The third kappa shape index (κ3) is 3.48. The molecule has 0 radical (unpaired) electrons. The minimum absolute atomic E-state index is 1.16. The number of rotatable bonds is 3. The molecule has 19 heavy (non-hydrogen) atoms. The second kappa shape index (κ2) is 5.22. The molecule has 0 aliphatic rings. The number of benzene rings is 2. The van der Waals surface area contributed by atoms with E-state index in [9.17, 15) is 0 Å². The molecule has 0 bridgehead atoms. The van der Waals surface area contributed by atoms with Crippen molar-refractivity contribution in [2.75, 3.05) is 5.32 Å². The van der Waals surface area contributed by atoms with Crippen LogP contribution in [0.25, 0.3) is 0 Å². The third-order valence-electron chi connectivity index (χ3n) is 3.41. The summed E-state index contributed by atoms with van der Waals surface area (Å²) in [6.07, 6.45) is 0. The predicted octanol–water partition coefficient (Wildman–Crippen LogP) is 4.59. The first-order valence-corrected chi connectivity index (χ1v) is 10.3. The Kier molecular flexibility index (Phi) is 3.81. The van der Waals surface area contributed by atoms with Gasteiger partial charge in [0.15, 0.2) is 0 Å². The standard InChI is InChI=1S/C17H23NSi/c1-13-6-11-17(14(2)12-13)18-15-7-9-16(10-8-15)19(3,4)5/h6-12,18H,1-5H3. The van der Waals surface area contributed by atoms with Crippen molar-refractivity contribution in [2.45, 2.75) is 33.5 Å². The van der Waals surface area contributed by atoms with Crippen molar-refractivity contribution < 1.29 is 0 Å². The van der Waals surface area contributed by atoms with Gasteiger partial charge < -0.3 is 5.32 Å². The predicted molar refractivity (Wildman–Crippen MR) is 88.6 cm³/mol. The first kappa shape index (κ1) is 13.9. The van der Waals surface area contributed by atoms with Crippen LogP contribution in [0.4, 0.5) is 11.4 Å². The number of hydrogen-bond donors (Lipinski definition) is 1. The van der Waals surface area contributed by atoms with Crippen LogP contribution in [0.1, 0.15) is 11.1 Å². The Balaban J connectivity index is 2.20. The minimum Gasteiger partial charge on any atom is -0.355 e. The summed E-state index contributed by atoms with van der Waals surface area (Å²) in [5, 5.41) is 4.99. The normalized spacial score (nSPS) is 11.4. The summed E-state index contributed by atoms with van der Waals surface area (Å²) in [7, 11) is -1.19. The van der Waals surface area contributed by atoms with Crippen molar-refractivity contribution in [3.63, 3.8) is 0 Å². The Morgan fingerprint density at radius 1 is 0.842 bits per heavy atom. The van der Waals surface area contributed by atoms with Crippen LogP contribution < -0.4 is 10.5 Å². The van der Waals surface area contributed by atoms with Crippen molar-refractivity contribution in [1.29, 1.82) is 0 Å². The van der Waals surface area contributed by atoms with E-state index in [0.717, 1.165) is 5.69 Å². The average molecular weight is 269 g/mol. The van der Waals surface area contributed by atoms with Crippen LogP contribution >= 0.6 is 0 Å². The molecule has 2 aromatic rings. The lowest BCUT2D eigenvalue weighted by molar-refractivity contribution is 1.37. The summed E-state index contributed by atoms with van der Waals surface area (Å²) >= 11 is 0. The van der Waals surface area contributed by atoms with Gasteiger partial charge in [-0.25, -0.2) is 0 Å². The number of nitrogens with one attached hydrogen (secondary N) is 1. The lowest BCUT2D eigenvalue weighted by Gasteiger charge is -2.17. The zero-order chi connectivity index (χ0) is 14.0. The highest BCUT2D eigenvalue weighted by molar-refractivity contribution is 6.88. The fourth-order valence-corrected chi connectivity index (χ4v) is 3.33. The molecule has 0 unspecified atom stereocenters. The Morgan fingerprint density at radius 3 is 2.00 bits per heavy atom. The van der Waals surface area contributed by atoms with E-state index in [0.29, 0.717) is 0 Å². The third-order valence-corrected chi connectivity index (χ3v) is 5.48. The van der Waals surface area contributed by atoms with E-state index in [2.05, 4.69) is 81.3 Å². The Labute approximate surface area is 117 Å². The molecular formula is C17H23NSi. The van der Waals surface area contributed by atoms with Crippen molar-refractivity contribution in [3.05, 3.63) is 53.6 Å². The summed E-state index contributed by atoms with van der Waals surface area (Å²) in [5.74, 6) is 0. The Hall–Kier alpha value is -1.54. The quantitative estimate of drug-likeness (QED) is 0.803. The first-order chi connectivity index (χ1) is 8.86. The zero-order valence-electron chi connectivity index (χ0n) is 12.5. The van der Waals surface area contributed by atoms with Crippen molar-refractivity contribution >= 4 is 24.6 Å². The molecule has 1 N–H and O–H groups in total. The highest BCUT2D eigenvalue weighted by atomic mass is 28.3. The Morgan fingerprint density at radius 2 is 1.47 bits per heavy atom. The minimum atomic E-state index is -1.19. The van der Waals surface area contributed by atoms with Gasteiger partial charge in [-0.15, -0.1) is 0 Å². The molecule has 0 atom stereocenters. The van der Waals surface area contributed by atoms with Crippen LogP contribution in [0.3, 0.4) is 0 Å². The van der Waals surface area contributed by atoms with E-state index in [1.54, 1.807) is 0 Å². The SMILES string of the molecule is Cc1ccc(Nc2ccc([Si](C)(C)C)cc2)c(C)c1. The van der Waals surface area contributed by atoms with Crippen LogP contribution in [0, 0.1) is 13.8 Å². The van der Waals surface area contributed by atoms with Crippen LogP contribution in [-0.2, 0) is 0 Å². The van der Waals surface area contributed by atoms with E-state index in [4.69, 9.17) is 0 Å². The van der Waals surface area contributed by atoms with Gasteiger partial charge >= 0.3 is 0 Å². The molecule has 2 aromatic carbocycles. The maximum atomic E-state index is 3.49. The molecule has 0 aliphatic carbocycles. The molecule has 100 valence electrons. The largest absolute Gasteiger partial charge is 0.355 e. The van der Waals surface area contributed by atoms with Gasteiger partial charge in [0.25, 0.3) is 0 Å². The summed E-state index contributed by atoms with van der Waals surface area (Å²) in [6, 6.07) is 15.4.